The van der Waals surface area contributed by atoms with E-state index in [0.29, 0.717) is 5.92 Å². The number of carboxylic acids is 2. The van der Waals surface area contributed by atoms with Crippen LogP contribution in [-0.2, 0) is 9.59 Å². The summed E-state index contributed by atoms with van der Waals surface area (Å²) >= 11 is 0. The predicted octanol–water partition coefficient (Wildman–Crippen LogP) is 5.07. The van der Waals surface area contributed by atoms with E-state index in [1.54, 1.807) is 0 Å². The molecule has 4 rings (SSSR count). The Morgan fingerprint density at radius 3 is 2.41 bits per heavy atom. The number of H-pyrrole nitrogens is 1. The molecule has 1 amide bonds. The second-order valence-corrected chi connectivity index (χ2v) is 9.21. The number of carboxylic acid groups (broad SMARTS) is 2. The van der Waals surface area contributed by atoms with Crippen LogP contribution in [0, 0.1) is 6.57 Å². The molecule has 2 aliphatic rings. The van der Waals surface area contributed by atoms with E-state index in [2.05, 4.69) is 38.3 Å². The zero-order valence-electron chi connectivity index (χ0n) is 20.9. The highest BCUT2D eigenvalue weighted by atomic mass is 19.4. The highest BCUT2D eigenvalue weighted by molar-refractivity contribution is 6.03. The van der Waals surface area contributed by atoms with Gasteiger partial charge in [-0.05, 0) is 80.8 Å². The lowest BCUT2D eigenvalue weighted by atomic mass is 9.85. The molecule has 0 saturated carbocycles. The number of piperidine rings is 1. The van der Waals surface area contributed by atoms with Gasteiger partial charge in [0.25, 0.3) is 5.82 Å². The molecule has 1 saturated heterocycles. The number of rotatable bonds is 6. The van der Waals surface area contributed by atoms with Gasteiger partial charge in [-0.1, -0.05) is 18.7 Å². The summed E-state index contributed by atoms with van der Waals surface area (Å²) in [6.45, 7) is 8.68. The van der Waals surface area contributed by atoms with Gasteiger partial charge < -0.3 is 20.4 Å². The molecule has 13 heteroatoms. The molecule has 4 N–H and O–H groups in total. The van der Waals surface area contributed by atoms with E-state index in [4.69, 9.17) is 21.6 Å². The minimum Gasteiger partial charge on any atom is -0.480 e. The summed E-state index contributed by atoms with van der Waals surface area (Å²) in [5, 5.41) is 19.1. The summed E-state index contributed by atoms with van der Waals surface area (Å²) < 4.78 is 31.7. The molecule has 1 aliphatic carbocycles. The summed E-state index contributed by atoms with van der Waals surface area (Å²) in [5.74, 6) is -3.18. The van der Waals surface area contributed by atoms with Crippen LogP contribution in [0.2, 0.25) is 0 Å². The van der Waals surface area contributed by atoms with E-state index in [1.807, 2.05) is 11.0 Å². The Morgan fingerprint density at radius 2 is 1.87 bits per heavy atom. The van der Waals surface area contributed by atoms with Crippen LogP contribution >= 0.6 is 0 Å². The van der Waals surface area contributed by atoms with Gasteiger partial charge in [-0.3, -0.25) is 19.5 Å². The molecular weight excluding hydrogens is 519 g/mol. The van der Waals surface area contributed by atoms with Gasteiger partial charge in [-0.25, -0.2) is 9.78 Å². The number of anilines is 1. The molecule has 0 unspecified atom stereocenters. The molecule has 1 aliphatic heterocycles. The minimum atomic E-state index is -5.08. The van der Waals surface area contributed by atoms with Gasteiger partial charge in [0, 0.05) is 11.3 Å². The van der Waals surface area contributed by atoms with Crippen LogP contribution in [0.4, 0.5) is 24.7 Å². The van der Waals surface area contributed by atoms with E-state index in [9.17, 15) is 22.8 Å². The van der Waals surface area contributed by atoms with Crippen LogP contribution in [-0.4, -0.2) is 68.7 Å². The Kier molecular flexibility index (Phi) is 9.84. The molecule has 10 nitrogen and oxygen atoms in total. The molecule has 1 fully saturated rings. The number of aromatic nitrogens is 2. The third-order valence-corrected chi connectivity index (χ3v) is 6.49. The third kappa shape index (κ3) is 8.41. The molecule has 0 atom stereocenters. The molecule has 39 heavy (non-hydrogen) atoms. The van der Waals surface area contributed by atoms with Crippen LogP contribution in [0.5, 0.6) is 0 Å². The fraction of sp³-hybridized carbons (Fsp3) is 0.423. The molecule has 208 valence electrons. The first-order chi connectivity index (χ1) is 18.5. The van der Waals surface area contributed by atoms with Crippen molar-refractivity contribution in [2.45, 2.75) is 50.6 Å². The highest BCUT2D eigenvalue weighted by Gasteiger charge is 2.38. The number of benzene rings is 1. The maximum absolute atomic E-state index is 12.7. The summed E-state index contributed by atoms with van der Waals surface area (Å²) in [4.78, 5) is 44.6. The Labute approximate surface area is 222 Å². The van der Waals surface area contributed by atoms with Crippen molar-refractivity contribution < 1.29 is 37.8 Å². The van der Waals surface area contributed by atoms with Crippen molar-refractivity contribution in [2.24, 2.45) is 0 Å². The zero-order chi connectivity index (χ0) is 28.6. The van der Waals surface area contributed by atoms with E-state index >= 15 is 0 Å². The second-order valence-electron chi connectivity index (χ2n) is 9.21. The number of carbonyl (C=O) groups excluding carboxylic acids is 1. The van der Waals surface area contributed by atoms with E-state index in [0.717, 1.165) is 56.4 Å². The number of imidazole rings is 1. The molecule has 0 spiro atoms. The summed E-state index contributed by atoms with van der Waals surface area (Å²) in [6.07, 6.45) is 4.69. The molecule has 0 radical (unpaired) electrons. The summed E-state index contributed by atoms with van der Waals surface area (Å²) in [6, 6.07) is 6.21. The number of aromatic amines is 1. The largest absolute Gasteiger partial charge is 0.490 e. The Morgan fingerprint density at radius 1 is 1.18 bits per heavy atom. The maximum atomic E-state index is 12.7. The van der Waals surface area contributed by atoms with E-state index < -0.39 is 18.1 Å². The topological polar surface area (TPSA) is 140 Å². The minimum absolute atomic E-state index is 0.0951. The fourth-order valence-electron chi connectivity index (χ4n) is 4.55. The first-order valence-corrected chi connectivity index (χ1v) is 12.3. The highest BCUT2D eigenvalue weighted by Crippen LogP contribution is 2.36. The fourth-order valence-corrected chi connectivity index (χ4v) is 4.55. The Balaban J connectivity index is 0.000000532. The maximum Gasteiger partial charge on any atom is 0.490 e. The standard InChI is InChI=1S/C24H27N5O3.C2HF3O2/c1-25-21-14-26-23(28-21)24(32)27-20-8-7-18(13-19(20)17-5-3-2-4-6-17)16-9-11-29(12-10-16)15-22(30)31;3-2(4,5)1(6)7/h5,7-8,13-14,16H,2-4,6,9-12,15H2,(H,26,28)(H,27,32)(H,30,31);(H,6,7). The number of likely N-dealkylation sites (tertiary alicyclic amines) is 1. The smallest absolute Gasteiger partial charge is 0.480 e. The number of halogens is 3. The normalized spacial score (nSPS) is 16.3. The molecule has 2 heterocycles. The number of nitrogens with zero attached hydrogens (tertiary/aromatic N) is 3. The number of aliphatic carboxylic acids is 2. The van der Waals surface area contributed by atoms with Crippen molar-refractivity contribution in [2.75, 3.05) is 25.0 Å². The number of nitrogens with one attached hydrogen (secondary N) is 2. The van der Waals surface area contributed by atoms with Gasteiger partial charge in [-0.15, -0.1) is 0 Å². The average Bonchev–Trinajstić information content (AvgIpc) is 3.39. The summed E-state index contributed by atoms with van der Waals surface area (Å²) in [5.41, 5.74) is 4.27. The Bertz CT molecular complexity index is 1270. The number of carbonyl (C=O) groups is 3. The van der Waals surface area contributed by atoms with Gasteiger partial charge in [0.15, 0.2) is 0 Å². The van der Waals surface area contributed by atoms with Gasteiger partial charge in [0.2, 0.25) is 5.82 Å². The first kappa shape index (κ1) is 29.4. The SMILES string of the molecule is O=C(O)C(F)(F)F.[C-]#[N+]c1cnc(C(=O)Nc2ccc(C3CCN(CC(=O)O)CC3)cc2C2=CCCCC2)[nH]1. The van der Waals surface area contributed by atoms with Crippen LogP contribution < -0.4 is 5.32 Å². The number of hydrogen-bond donors (Lipinski definition) is 4. The predicted molar refractivity (Wildman–Crippen MR) is 135 cm³/mol. The molecular formula is C26H28F3N5O5. The van der Waals surface area contributed by atoms with Crippen molar-refractivity contribution in [1.29, 1.82) is 0 Å². The molecule has 1 aromatic heterocycles. The van der Waals surface area contributed by atoms with Gasteiger partial charge >= 0.3 is 24.0 Å². The third-order valence-electron chi connectivity index (χ3n) is 6.49. The lowest BCUT2D eigenvalue weighted by Crippen LogP contribution is -2.36. The van der Waals surface area contributed by atoms with Crippen molar-refractivity contribution in [1.82, 2.24) is 14.9 Å². The van der Waals surface area contributed by atoms with Crippen LogP contribution in [0.3, 0.4) is 0 Å². The van der Waals surface area contributed by atoms with Crippen LogP contribution in [0.15, 0.2) is 30.5 Å². The van der Waals surface area contributed by atoms with Gasteiger partial charge in [-0.2, -0.15) is 13.2 Å². The van der Waals surface area contributed by atoms with Crippen molar-refractivity contribution in [3.8, 4) is 0 Å². The lowest BCUT2D eigenvalue weighted by molar-refractivity contribution is -0.192. The quantitative estimate of drug-likeness (QED) is 0.370. The van der Waals surface area contributed by atoms with Gasteiger partial charge in [0.05, 0.1) is 12.7 Å². The van der Waals surface area contributed by atoms with Crippen molar-refractivity contribution in [3.63, 3.8) is 0 Å². The van der Waals surface area contributed by atoms with Crippen LogP contribution in [0.1, 0.15) is 66.2 Å². The Hall–Kier alpha value is -4.18. The molecule has 1 aromatic carbocycles. The average molecular weight is 548 g/mol. The number of alkyl halides is 3. The summed E-state index contributed by atoms with van der Waals surface area (Å²) in [7, 11) is 0. The lowest BCUT2D eigenvalue weighted by Gasteiger charge is -2.31. The monoisotopic (exact) mass is 547 g/mol. The van der Waals surface area contributed by atoms with Crippen molar-refractivity contribution >= 4 is 34.9 Å². The zero-order valence-corrected chi connectivity index (χ0v) is 20.9. The van der Waals surface area contributed by atoms with Crippen LogP contribution in [0.25, 0.3) is 10.4 Å². The van der Waals surface area contributed by atoms with E-state index in [-0.39, 0.29) is 24.1 Å². The molecule has 0 bridgehead atoms. The molecule has 2 aromatic rings. The number of amides is 1. The first-order valence-electron chi connectivity index (χ1n) is 12.3. The van der Waals surface area contributed by atoms with E-state index in [1.165, 1.54) is 23.8 Å². The second kappa shape index (κ2) is 13.1. The van der Waals surface area contributed by atoms with Crippen molar-refractivity contribution in [3.05, 3.63) is 58.8 Å². The number of allylic oxidation sites excluding steroid dienone is 2. The van der Waals surface area contributed by atoms with Gasteiger partial charge in [0.1, 0.15) is 0 Å². The number of hydrogen-bond acceptors (Lipinski definition) is 5.